The lowest BCUT2D eigenvalue weighted by molar-refractivity contribution is 1.78. The fraction of sp³-hybridized carbons (Fsp3) is 0.143. The van der Waals surface area contributed by atoms with E-state index in [2.05, 4.69) is 30.8 Å². The average Bonchev–Trinajstić information content (AvgIpc) is 1.94. The van der Waals surface area contributed by atoms with Crippen molar-refractivity contribution in [3.8, 4) is 0 Å². The van der Waals surface area contributed by atoms with Gasteiger partial charge in [0.05, 0.1) is 0 Å². The topological polar surface area (TPSA) is 0 Å². The van der Waals surface area contributed by atoms with Crippen LogP contribution in [0.5, 0.6) is 0 Å². The zero-order valence-corrected chi connectivity index (χ0v) is 10.4. The van der Waals surface area contributed by atoms with Gasteiger partial charge in [0.25, 0.3) is 0 Å². The second-order valence-electron chi connectivity index (χ2n) is 1.65. The third kappa shape index (κ3) is 4.18. The zero-order chi connectivity index (χ0) is 7.11. The van der Waals surface area contributed by atoms with Gasteiger partial charge in [-0.3, -0.25) is 0 Å². The summed E-state index contributed by atoms with van der Waals surface area (Å²) in [6.07, 6.45) is 0. The Morgan fingerprint density at radius 1 is 1.00 bits per heavy atom. The largest absolute Gasteiger partial charge is 0.0777 e. The molecule has 0 fully saturated rings. The number of hydrogen-bond acceptors (Lipinski definition) is 0. The average molecular weight is 154 g/mol. The minimum Gasteiger partial charge on any atom is -0.0777 e. The second kappa shape index (κ2) is 5.78. The molecule has 0 N–H and O–H groups in total. The molecule has 0 heterocycles. The summed E-state index contributed by atoms with van der Waals surface area (Å²) in [4.78, 5) is 0. The molecule has 1 aromatic carbocycles. The van der Waals surface area contributed by atoms with Crippen molar-refractivity contribution in [3.05, 3.63) is 30.3 Å². The minimum absolute atomic E-state index is 1.17. The number of hydrogen-bond donors (Lipinski definition) is 0. The van der Waals surface area contributed by atoms with Gasteiger partial charge in [-0.1, -0.05) is 42.1 Å². The number of benzene rings is 1. The Hall–Kier alpha value is -0.346. The van der Waals surface area contributed by atoms with E-state index in [9.17, 15) is 0 Å². The molecule has 1 rings (SSSR count). The van der Waals surface area contributed by atoms with Crippen LogP contribution in [0.25, 0.3) is 0 Å². The molecule has 0 aliphatic rings. The van der Waals surface area contributed by atoms with Crippen molar-refractivity contribution in [1.82, 2.24) is 0 Å². The highest BCUT2D eigenvalue weighted by Crippen LogP contribution is 1.76. The van der Waals surface area contributed by atoms with Crippen LogP contribution in [0, 0.1) is 0 Å². The van der Waals surface area contributed by atoms with Crippen LogP contribution in [0.2, 0.25) is 6.55 Å². The highest BCUT2D eigenvalue weighted by Gasteiger charge is 1.72. The van der Waals surface area contributed by atoms with Crippen molar-refractivity contribution >= 4 is 25.7 Å². The molecule has 0 nitrogen and oxygen atoms in total. The van der Waals surface area contributed by atoms with Gasteiger partial charge in [-0.25, -0.2) is 0 Å². The predicted octanol–water partition coefficient (Wildman–Crippen LogP) is -0.923. The lowest BCUT2D eigenvalue weighted by Gasteiger charge is -1.82. The number of rotatable bonds is 0. The van der Waals surface area contributed by atoms with Crippen LogP contribution in [0.1, 0.15) is 0 Å². The predicted molar refractivity (Wildman–Crippen MR) is 51.8 cm³/mol. The standard InChI is InChI=1S/C6H8Si.CH6Si/c7-6-4-2-1-3-5-6;1-2/h1-5H,7H3;1-2H3. The van der Waals surface area contributed by atoms with Crippen LogP contribution in [0.3, 0.4) is 0 Å². The molecular formula is C7H14Si2. The van der Waals surface area contributed by atoms with Gasteiger partial charge in [-0.15, -0.1) is 0 Å². The van der Waals surface area contributed by atoms with E-state index in [1.54, 1.807) is 0 Å². The molecule has 2 heteroatoms. The maximum absolute atomic E-state index is 2.15. The maximum Gasteiger partial charge on any atom is 0.0384 e. The lowest BCUT2D eigenvalue weighted by Crippen LogP contribution is -1.97. The molecule has 0 aromatic heterocycles. The van der Waals surface area contributed by atoms with Gasteiger partial charge in [-0.2, -0.15) is 0 Å². The quantitative estimate of drug-likeness (QED) is 0.424. The van der Waals surface area contributed by atoms with E-state index in [0.29, 0.717) is 0 Å². The Kier molecular flexibility index (Phi) is 5.56. The highest BCUT2D eigenvalue weighted by molar-refractivity contribution is 6.32. The van der Waals surface area contributed by atoms with E-state index in [1.807, 2.05) is 6.07 Å². The molecular weight excluding hydrogens is 140 g/mol. The molecule has 0 aliphatic heterocycles. The summed E-state index contributed by atoms with van der Waals surface area (Å²) in [5.74, 6) is 0. The van der Waals surface area contributed by atoms with Crippen LogP contribution in [-0.4, -0.2) is 20.5 Å². The fourth-order valence-electron chi connectivity index (χ4n) is 0.534. The van der Waals surface area contributed by atoms with Crippen LogP contribution < -0.4 is 5.19 Å². The van der Waals surface area contributed by atoms with E-state index in [0.717, 1.165) is 0 Å². The first kappa shape index (κ1) is 8.65. The van der Waals surface area contributed by atoms with Crippen LogP contribution >= 0.6 is 0 Å². The van der Waals surface area contributed by atoms with E-state index < -0.39 is 0 Å². The molecule has 0 spiro atoms. The Morgan fingerprint density at radius 2 is 1.44 bits per heavy atom. The molecule has 0 aliphatic carbocycles. The Bertz CT molecular complexity index is 137. The zero-order valence-electron chi connectivity index (χ0n) is 6.39. The van der Waals surface area contributed by atoms with Gasteiger partial charge >= 0.3 is 0 Å². The molecule has 0 amide bonds. The van der Waals surface area contributed by atoms with Crippen LogP contribution in [-0.2, 0) is 0 Å². The van der Waals surface area contributed by atoms with Crippen molar-refractivity contribution < 1.29 is 0 Å². The summed E-state index contributed by atoms with van der Waals surface area (Å²) >= 11 is 0. The van der Waals surface area contributed by atoms with Gasteiger partial charge in [0, 0.05) is 10.2 Å². The molecule has 0 atom stereocenters. The van der Waals surface area contributed by atoms with Gasteiger partial charge < -0.3 is 0 Å². The molecule has 0 bridgehead atoms. The van der Waals surface area contributed by atoms with Gasteiger partial charge in [0.2, 0.25) is 0 Å². The van der Waals surface area contributed by atoms with Crippen molar-refractivity contribution in [3.63, 3.8) is 0 Å². The molecule has 0 saturated heterocycles. The monoisotopic (exact) mass is 154 g/mol. The Morgan fingerprint density at radius 3 is 1.67 bits per heavy atom. The Labute approximate surface area is 63.1 Å². The van der Waals surface area contributed by atoms with E-state index in [1.165, 1.54) is 25.7 Å². The van der Waals surface area contributed by atoms with Crippen LogP contribution in [0.4, 0.5) is 0 Å². The van der Waals surface area contributed by atoms with Gasteiger partial charge in [0.15, 0.2) is 0 Å². The van der Waals surface area contributed by atoms with E-state index in [-0.39, 0.29) is 0 Å². The normalized spacial score (nSPS) is 8.11. The lowest BCUT2D eigenvalue weighted by atomic mass is 10.4. The van der Waals surface area contributed by atoms with E-state index >= 15 is 0 Å². The first-order valence-corrected chi connectivity index (χ1v) is 6.41. The van der Waals surface area contributed by atoms with Crippen molar-refractivity contribution in [2.75, 3.05) is 0 Å². The smallest absolute Gasteiger partial charge is 0.0384 e. The highest BCUT2D eigenvalue weighted by atomic mass is 28.1. The van der Waals surface area contributed by atoms with Crippen molar-refractivity contribution in [1.29, 1.82) is 0 Å². The SMILES string of the molecule is C[SiH3].[SiH3]c1ccccc1. The molecule has 1 aromatic rings. The van der Waals surface area contributed by atoms with Crippen LogP contribution in [0.15, 0.2) is 30.3 Å². The van der Waals surface area contributed by atoms with Gasteiger partial charge in [-0.05, 0) is 10.2 Å². The van der Waals surface area contributed by atoms with Crippen molar-refractivity contribution in [2.24, 2.45) is 0 Å². The fourth-order valence-corrected chi connectivity index (χ4v) is 0.919. The summed E-state index contributed by atoms with van der Waals surface area (Å²) < 4.78 is 0. The maximum atomic E-state index is 2.15. The molecule has 9 heavy (non-hydrogen) atoms. The first-order chi connectivity index (χ1) is 4.39. The van der Waals surface area contributed by atoms with E-state index in [4.69, 9.17) is 0 Å². The first-order valence-electron chi connectivity index (χ1n) is 3.41. The summed E-state index contributed by atoms with van der Waals surface area (Å²) in [6.45, 7) is 2.14. The molecule has 0 radical (unpaired) electrons. The minimum atomic E-state index is 1.17. The molecule has 0 saturated carbocycles. The van der Waals surface area contributed by atoms with Crippen molar-refractivity contribution in [2.45, 2.75) is 6.55 Å². The van der Waals surface area contributed by atoms with Gasteiger partial charge in [0.1, 0.15) is 0 Å². The Balaban J connectivity index is 0.000000291. The molecule has 0 unspecified atom stereocenters. The third-order valence-corrected chi connectivity index (χ3v) is 1.61. The summed E-state index contributed by atoms with van der Waals surface area (Å²) in [5.41, 5.74) is 0. The summed E-state index contributed by atoms with van der Waals surface area (Å²) in [5, 5.41) is 1.46. The summed E-state index contributed by atoms with van der Waals surface area (Å²) in [7, 11) is 2.48. The summed E-state index contributed by atoms with van der Waals surface area (Å²) in [6, 6.07) is 10.5. The second-order valence-corrected chi connectivity index (χ2v) is 2.81. The third-order valence-electron chi connectivity index (χ3n) is 0.940. The molecule has 50 valence electrons.